The van der Waals surface area contributed by atoms with E-state index in [9.17, 15) is 35.9 Å². The monoisotopic (exact) mass is 410 g/mol. The first-order chi connectivity index (χ1) is 11.9. The fourth-order valence-electron chi connectivity index (χ4n) is 2.87. The van der Waals surface area contributed by atoms with Crippen molar-refractivity contribution in [3.63, 3.8) is 0 Å². The van der Waals surface area contributed by atoms with Crippen molar-refractivity contribution in [2.45, 2.75) is 46.0 Å². The van der Waals surface area contributed by atoms with Crippen molar-refractivity contribution in [1.29, 1.82) is 0 Å². The van der Waals surface area contributed by atoms with Gasteiger partial charge < -0.3 is 10.2 Å². The van der Waals surface area contributed by atoms with E-state index in [2.05, 4.69) is 0 Å². The van der Waals surface area contributed by atoms with Gasteiger partial charge in [-0.15, -0.1) is 0 Å². The molecule has 160 valence electrons. The molecule has 0 aliphatic carbocycles. The first-order valence-corrected chi connectivity index (χ1v) is 8.01. The summed E-state index contributed by atoms with van der Waals surface area (Å²) in [6.07, 6.45) is -12.6. The van der Waals surface area contributed by atoms with Gasteiger partial charge in [-0.3, -0.25) is 9.80 Å². The van der Waals surface area contributed by atoms with Crippen LogP contribution in [0, 0.1) is 11.3 Å². The predicted octanol–water partition coefficient (Wildman–Crippen LogP) is 4.51. The van der Waals surface area contributed by atoms with Crippen LogP contribution in [-0.4, -0.2) is 70.7 Å². The maximum Gasteiger partial charge on any atom is 0.407 e. The zero-order valence-electron chi connectivity index (χ0n) is 15.2. The van der Waals surface area contributed by atoms with Crippen molar-refractivity contribution in [1.82, 2.24) is 9.80 Å². The van der Waals surface area contributed by atoms with Gasteiger partial charge in [0.05, 0.1) is 0 Å². The zero-order valence-corrected chi connectivity index (χ0v) is 15.2. The highest BCUT2D eigenvalue weighted by molar-refractivity contribution is 5.65. The molecule has 0 aliphatic heterocycles. The molecule has 0 rings (SSSR count). The smallest absolute Gasteiger partial charge is 0.407 e. The minimum Gasteiger partial charge on any atom is -0.465 e. The number of carbonyl (C=O) groups is 2. The van der Waals surface area contributed by atoms with E-state index < -0.39 is 56.1 Å². The van der Waals surface area contributed by atoms with Gasteiger partial charge in [0.2, 0.25) is 0 Å². The second-order valence-corrected chi connectivity index (χ2v) is 7.34. The summed E-state index contributed by atoms with van der Waals surface area (Å²) in [7, 11) is 0. The van der Waals surface area contributed by atoms with Crippen molar-refractivity contribution < 1.29 is 46.1 Å². The van der Waals surface area contributed by atoms with Crippen LogP contribution < -0.4 is 0 Å². The van der Waals surface area contributed by atoms with Crippen LogP contribution in [0.3, 0.4) is 0 Å². The van der Waals surface area contributed by atoms with Gasteiger partial charge in [-0.05, 0) is 24.2 Å². The van der Waals surface area contributed by atoms with E-state index in [1.165, 1.54) is 0 Å². The van der Waals surface area contributed by atoms with Gasteiger partial charge in [-0.1, -0.05) is 20.8 Å². The molecule has 0 saturated carbocycles. The molecule has 0 spiro atoms. The van der Waals surface area contributed by atoms with E-state index in [-0.39, 0.29) is 28.6 Å². The Labute approximate surface area is 152 Å². The minimum absolute atomic E-state index is 0.0537. The van der Waals surface area contributed by atoms with Crippen LogP contribution in [0.25, 0.3) is 0 Å². The van der Waals surface area contributed by atoms with Crippen molar-refractivity contribution in [3.8, 4) is 0 Å². The Balaban J connectivity index is 4.78. The maximum absolute atomic E-state index is 12.5. The topological polar surface area (TPSA) is 81.1 Å². The lowest BCUT2D eigenvalue weighted by molar-refractivity contribution is -0.145. The maximum atomic E-state index is 12.5. The third-order valence-corrected chi connectivity index (χ3v) is 3.69. The summed E-state index contributed by atoms with van der Waals surface area (Å²) in [5.74, 6) is -0.336. The Kier molecular flexibility index (Phi) is 8.71. The Morgan fingerprint density at radius 3 is 1.63 bits per heavy atom. The molecule has 6 nitrogen and oxygen atoms in total. The number of carboxylic acid groups (broad SMARTS) is 2. The molecule has 0 saturated heterocycles. The van der Waals surface area contributed by atoms with Gasteiger partial charge in [-0.2, -0.15) is 26.3 Å². The van der Waals surface area contributed by atoms with Crippen LogP contribution in [0.1, 0.15) is 33.6 Å². The second-order valence-electron chi connectivity index (χ2n) is 7.34. The van der Waals surface area contributed by atoms with Crippen LogP contribution in [0.5, 0.6) is 0 Å². The van der Waals surface area contributed by atoms with E-state index in [0.29, 0.717) is 0 Å². The highest BCUT2D eigenvalue weighted by Gasteiger charge is 2.36. The van der Waals surface area contributed by atoms with Crippen molar-refractivity contribution in [3.05, 3.63) is 0 Å². The lowest BCUT2D eigenvalue weighted by Gasteiger charge is -2.34. The number of nitrogens with zero attached hydrogens (tertiary/aromatic N) is 2. The molecule has 0 aromatic rings. The largest absolute Gasteiger partial charge is 0.465 e. The molecular weight excluding hydrogens is 386 g/mol. The Bertz CT molecular complexity index is 508. The lowest BCUT2D eigenvalue weighted by atomic mass is 9.81. The van der Waals surface area contributed by atoms with E-state index in [1.807, 2.05) is 0 Å². The first kappa shape index (κ1) is 25.1. The molecule has 1 atom stereocenters. The highest BCUT2D eigenvalue weighted by atomic mass is 19.4. The molecular formula is C15H24F6N2O4. The molecule has 0 radical (unpaired) electrons. The number of rotatable bonds is 9. The van der Waals surface area contributed by atoms with E-state index in [0.717, 1.165) is 0 Å². The lowest BCUT2D eigenvalue weighted by Crippen LogP contribution is -2.44. The van der Waals surface area contributed by atoms with Crippen LogP contribution in [0.2, 0.25) is 0 Å². The molecule has 1 unspecified atom stereocenters. The Morgan fingerprint density at radius 2 is 1.26 bits per heavy atom. The summed E-state index contributed by atoms with van der Waals surface area (Å²) in [6.45, 7) is 0.648. The zero-order chi connectivity index (χ0) is 21.6. The van der Waals surface area contributed by atoms with E-state index >= 15 is 0 Å². The summed E-state index contributed by atoms with van der Waals surface area (Å²) in [4.78, 5) is 22.3. The molecule has 27 heavy (non-hydrogen) atoms. The van der Waals surface area contributed by atoms with Crippen LogP contribution in [0.15, 0.2) is 0 Å². The Hall–Kier alpha value is -1.88. The van der Waals surface area contributed by atoms with Crippen molar-refractivity contribution in [2.24, 2.45) is 11.3 Å². The molecule has 0 fully saturated rings. The number of amides is 2. The fraction of sp³-hybridized carbons (Fsp3) is 0.867. The van der Waals surface area contributed by atoms with E-state index in [4.69, 9.17) is 10.2 Å². The van der Waals surface area contributed by atoms with Gasteiger partial charge in [-0.25, -0.2) is 9.59 Å². The molecule has 0 aromatic heterocycles. The summed E-state index contributed by atoms with van der Waals surface area (Å²) in [5, 5.41) is 17.7. The number of halogens is 6. The molecule has 0 aromatic carbocycles. The molecule has 2 N–H and O–H groups in total. The summed E-state index contributed by atoms with van der Waals surface area (Å²) < 4.78 is 74.5. The van der Waals surface area contributed by atoms with Crippen molar-refractivity contribution >= 4 is 12.2 Å². The summed E-state index contributed by atoms with van der Waals surface area (Å²) in [5.41, 5.74) is -0.888. The molecule has 0 heterocycles. The van der Waals surface area contributed by atoms with Gasteiger partial charge in [0.1, 0.15) is 13.1 Å². The number of hydrogen-bond donors (Lipinski definition) is 2. The molecule has 12 heteroatoms. The molecule has 0 bridgehead atoms. The highest BCUT2D eigenvalue weighted by Crippen LogP contribution is 2.30. The van der Waals surface area contributed by atoms with Crippen LogP contribution >= 0.6 is 0 Å². The second kappa shape index (κ2) is 9.36. The normalized spacial score (nSPS) is 14.0. The van der Waals surface area contributed by atoms with Crippen molar-refractivity contribution in [2.75, 3.05) is 26.2 Å². The fourth-order valence-corrected chi connectivity index (χ4v) is 2.87. The van der Waals surface area contributed by atoms with E-state index in [1.54, 1.807) is 20.8 Å². The first-order valence-electron chi connectivity index (χ1n) is 8.01. The summed E-state index contributed by atoms with van der Waals surface area (Å²) in [6, 6.07) is 0. The average Bonchev–Trinajstić information content (AvgIpc) is 2.38. The average molecular weight is 410 g/mol. The van der Waals surface area contributed by atoms with Gasteiger partial charge in [0.25, 0.3) is 0 Å². The Morgan fingerprint density at radius 1 is 0.852 bits per heavy atom. The third-order valence-electron chi connectivity index (χ3n) is 3.69. The number of hydrogen-bond acceptors (Lipinski definition) is 2. The standard InChI is InChI=1S/C15H24F6N2O4/c1-10(4-5-22(11(24)25)8-14(16,17)18)6-13(2,3)7-23(12(26)27)9-15(19,20)21/h10H,4-9H2,1-3H3,(H,24,25)(H,26,27). The van der Waals surface area contributed by atoms with Crippen LogP contribution in [0.4, 0.5) is 35.9 Å². The molecule has 0 aliphatic rings. The van der Waals surface area contributed by atoms with Gasteiger partial charge in [0.15, 0.2) is 0 Å². The quantitative estimate of drug-likeness (QED) is 0.548. The van der Waals surface area contributed by atoms with Crippen LogP contribution in [-0.2, 0) is 0 Å². The SMILES string of the molecule is CC(CCN(CC(F)(F)F)C(=O)O)CC(C)(C)CN(CC(F)(F)F)C(=O)O. The predicted molar refractivity (Wildman–Crippen MR) is 83.5 cm³/mol. The number of alkyl halides is 6. The van der Waals surface area contributed by atoms with Gasteiger partial charge >= 0.3 is 24.5 Å². The summed E-state index contributed by atoms with van der Waals surface area (Å²) >= 11 is 0. The van der Waals surface area contributed by atoms with Gasteiger partial charge in [0, 0.05) is 13.1 Å². The molecule has 2 amide bonds. The minimum atomic E-state index is -4.69. The third kappa shape index (κ3) is 12.2.